The Morgan fingerprint density at radius 2 is 1.69 bits per heavy atom. The minimum atomic E-state index is -3.86. The molecule has 0 bridgehead atoms. The van der Waals surface area contributed by atoms with Crippen molar-refractivity contribution in [3.8, 4) is 0 Å². The van der Waals surface area contributed by atoms with E-state index in [4.69, 9.17) is 0 Å². The van der Waals surface area contributed by atoms with Crippen LogP contribution in [0.25, 0.3) is 10.9 Å². The van der Waals surface area contributed by atoms with Crippen LogP contribution in [0.1, 0.15) is 17.2 Å². The number of benzene rings is 2. The summed E-state index contributed by atoms with van der Waals surface area (Å²) >= 11 is 0. The maximum absolute atomic E-state index is 13.1. The monoisotopic (exact) mass is 372 g/mol. The second kappa shape index (κ2) is 6.59. The summed E-state index contributed by atoms with van der Waals surface area (Å²) in [6.45, 7) is 1.88. The quantitative estimate of drug-likeness (QED) is 0.762. The van der Waals surface area contributed by atoms with Gasteiger partial charge in [0, 0.05) is 31.2 Å². The van der Waals surface area contributed by atoms with Crippen molar-refractivity contribution < 1.29 is 18.3 Å². The van der Waals surface area contributed by atoms with Crippen molar-refractivity contribution in [2.24, 2.45) is 0 Å². The fourth-order valence-corrected chi connectivity index (χ4v) is 4.17. The van der Waals surface area contributed by atoms with E-state index in [1.54, 1.807) is 48.5 Å². The maximum Gasteiger partial charge on any atom is 0.268 e. The van der Waals surface area contributed by atoms with E-state index in [0.717, 1.165) is 9.54 Å². The lowest BCUT2D eigenvalue weighted by atomic mass is 10.1. The van der Waals surface area contributed by atoms with Gasteiger partial charge in [-0.1, -0.05) is 35.9 Å². The van der Waals surface area contributed by atoms with Gasteiger partial charge in [-0.2, -0.15) is 0 Å². The van der Waals surface area contributed by atoms with Gasteiger partial charge in [0.25, 0.3) is 15.9 Å². The lowest BCUT2D eigenvalue weighted by Crippen LogP contribution is -2.28. The highest BCUT2D eigenvalue weighted by Gasteiger charge is 2.27. The zero-order chi connectivity index (χ0) is 19.1. The largest absolute Gasteiger partial charge is 0.378 e. The first-order chi connectivity index (χ1) is 12.2. The van der Waals surface area contributed by atoms with Crippen LogP contribution in [0.4, 0.5) is 0 Å². The lowest BCUT2D eigenvalue weighted by Gasteiger charge is -2.15. The number of fused-ring (bicyclic) bond motifs is 1. The van der Waals surface area contributed by atoms with E-state index in [1.807, 2.05) is 6.92 Å². The van der Waals surface area contributed by atoms with Crippen LogP contribution in [0.15, 0.2) is 59.6 Å². The third kappa shape index (κ3) is 3.00. The SMILES string of the molecule is Cc1ccc(S(=O)(=O)n2cc(C(O)C(=O)N(C)C)c3ccccc32)cc1. The van der Waals surface area contributed by atoms with Gasteiger partial charge in [-0.05, 0) is 25.1 Å². The molecule has 1 amide bonds. The maximum atomic E-state index is 13.1. The minimum absolute atomic E-state index is 0.142. The molecule has 1 atom stereocenters. The van der Waals surface area contributed by atoms with Crippen LogP contribution in [0.5, 0.6) is 0 Å². The fraction of sp³-hybridized carbons (Fsp3) is 0.211. The van der Waals surface area contributed by atoms with Gasteiger partial charge >= 0.3 is 0 Å². The van der Waals surface area contributed by atoms with Crippen LogP contribution in [0, 0.1) is 6.92 Å². The highest BCUT2D eigenvalue weighted by Crippen LogP contribution is 2.30. The van der Waals surface area contributed by atoms with Gasteiger partial charge in [0.05, 0.1) is 10.4 Å². The summed E-state index contributed by atoms with van der Waals surface area (Å²) in [5.74, 6) is -0.513. The number of hydrogen-bond donors (Lipinski definition) is 1. The number of para-hydroxylation sites is 1. The number of aliphatic hydroxyl groups is 1. The molecule has 0 saturated carbocycles. The first-order valence-corrected chi connectivity index (χ1v) is 9.49. The number of amides is 1. The summed E-state index contributed by atoms with van der Waals surface area (Å²) in [4.78, 5) is 13.6. The van der Waals surface area contributed by atoms with Crippen molar-refractivity contribution in [3.05, 3.63) is 65.9 Å². The molecule has 6 nitrogen and oxygen atoms in total. The summed E-state index contributed by atoms with van der Waals surface area (Å²) in [5.41, 5.74) is 1.62. The van der Waals surface area contributed by atoms with Gasteiger partial charge < -0.3 is 10.0 Å². The van der Waals surface area contributed by atoms with Crippen molar-refractivity contribution in [1.82, 2.24) is 8.87 Å². The zero-order valence-electron chi connectivity index (χ0n) is 14.7. The number of carbonyl (C=O) groups is 1. The summed E-state index contributed by atoms with van der Waals surface area (Å²) in [5, 5.41) is 11.0. The molecule has 2 aromatic carbocycles. The Labute approximate surface area is 152 Å². The number of aromatic nitrogens is 1. The molecular formula is C19H20N2O4S. The van der Waals surface area contributed by atoms with E-state index in [0.29, 0.717) is 10.9 Å². The first kappa shape index (κ1) is 18.2. The summed E-state index contributed by atoms with van der Waals surface area (Å²) in [6, 6.07) is 13.3. The highest BCUT2D eigenvalue weighted by atomic mass is 32.2. The average molecular weight is 372 g/mol. The van der Waals surface area contributed by atoms with E-state index >= 15 is 0 Å². The summed E-state index contributed by atoms with van der Waals surface area (Å²) in [7, 11) is -0.789. The number of aryl methyl sites for hydroxylation is 1. The summed E-state index contributed by atoms with van der Waals surface area (Å²) < 4.78 is 27.3. The molecule has 0 radical (unpaired) electrons. The van der Waals surface area contributed by atoms with Crippen molar-refractivity contribution in [3.63, 3.8) is 0 Å². The molecule has 1 N–H and O–H groups in total. The topological polar surface area (TPSA) is 79.6 Å². The number of carbonyl (C=O) groups excluding carboxylic acids is 1. The molecule has 3 aromatic rings. The van der Waals surface area contributed by atoms with Crippen LogP contribution >= 0.6 is 0 Å². The molecule has 136 valence electrons. The Balaban J connectivity index is 2.22. The predicted octanol–water partition coefficient (Wildman–Crippen LogP) is 2.31. The minimum Gasteiger partial charge on any atom is -0.378 e. The summed E-state index contributed by atoms with van der Waals surface area (Å²) in [6.07, 6.45) is -0.115. The van der Waals surface area contributed by atoms with Gasteiger partial charge in [-0.3, -0.25) is 4.79 Å². The molecule has 0 spiro atoms. The number of nitrogens with zero attached hydrogens (tertiary/aromatic N) is 2. The predicted molar refractivity (Wildman–Crippen MR) is 99.4 cm³/mol. The lowest BCUT2D eigenvalue weighted by molar-refractivity contribution is -0.137. The highest BCUT2D eigenvalue weighted by molar-refractivity contribution is 7.90. The van der Waals surface area contributed by atoms with Crippen LogP contribution in [0.3, 0.4) is 0 Å². The molecule has 1 unspecified atom stereocenters. The molecule has 0 fully saturated rings. The third-order valence-corrected chi connectivity index (χ3v) is 5.94. The van der Waals surface area contributed by atoms with Crippen molar-refractivity contribution >= 4 is 26.8 Å². The van der Waals surface area contributed by atoms with Crippen molar-refractivity contribution in [1.29, 1.82) is 0 Å². The third-order valence-electron chi connectivity index (χ3n) is 4.26. The smallest absolute Gasteiger partial charge is 0.268 e. The normalized spacial score (nSPS) is 12.9. The molecule has 26 heavy (non-hydrogen) atoms. The molecule has 0 saturated heterocycles. The van der Waals surface area contributed by atoms with Gasteiger partial charge in [-0.15, -0.1) is 0 Å². The molecule has 0 aliphatic carbocycles. The van der Waals surface area contributed by atoms with Crippen molar-refractivity contribution in [2.75, 3.05) is 14.1 Å². The number of aliphatic hydroxyl groups excluding tert-OH is 1. The molecule has 0 aliphatic rings. The Kier molecular flexibility index (Phi) is 4.60. The second-order valence-corrected chi connectivity index (χ2v) is 8.17. The van der Waals surface area contributed by atoms with Crippen LogP contribution in [-0.2, 0) is 14.8 Å². The molecule has 1 aromatic heterocycles. The standard InChI is InChI=1S/C19H20N2O4S/c1-13-8-10-14(11-9-13)26(24,25)21-12-16(18(22)19(23)20(2)3)15-6-4-5-7-17(15)21/h4-12,18,22H,1-3H3. The Hall–Kier alpha value is -2.64. The van der Waals surface area contributed by atoms with E-state index < -0.39 is 22.0 Å². The van der Waals surface area contributed by atoms with E-state index in [-0.39, 0.29) is 10.5 Å². The second-order valence-electron chi connectivity index (χ2n) is 6.35. The molecule has 7 heteroatoms. The average Bonchev–Trinajstić information content (AvgIpc) is 3.01. The van der Waals surface area contributed by atoms with Gasteiger partial charge in [-0.25, -0.2) is 12.4 Å². The molecule has 1 heterocycles. The Morgan fingerprint density at radius 1 is 1.08 bits per heavy atom. The number of rotatable bonds is 4. The van der Waals surface area contributed by atoms with Crippen LogP contribution in [0.2, 0.25) is 0 Å². The van der Waals surface area contributed by atoms with E-state index in [1.165, 1.54) is 25.2 Å². The van der Waals surface area contributed by atoms with E-state index in [2.05, 4.69) is 0 Å². The van der Waals surface area contributed by atoms with Crippen LogP contribution in [-0.4, -0.2) is 42.4 Å². The van der Waals surface area contributed by atoms with Gasteiger partial charge in [0.1, 0.15) is 0 Å². The molecule has 3 rings (SSSR count). The van der Waals surface area contributed by atoms with Crippen LogP contribution < -0.4 is 0 Å². The van der Waals surface area contributed by atoms with E-state index in [9.17, 15) is 18.3 Å². The van der Waals surface area contributed by atoms with Gasteiger partial charge in [0.2, 0.25) is 0 Å². The Morgan fingerprint density at radius 3 is 2.31 bits per heavy atom. The Bertz CT molecular complexity index is 1070. The first-order valence-electron chi connectivity index (χ1n) is 8.05. The fourth-order valence-electron chi connectivity index (χ4n) is 2.79. The molecular weight excluding hydrogens is 352 g/mol. The number of hydrogen-bond acceptors (Lipinski definition) is 4. The zero-order valence-corrected chi connectivity index (χ0v) is 15.6. The molecule has 0 aliphatic heterocycles. The van der Waals surface area contributed by atoms with Crippen molar-refractivity contribution in [2.45, 2.75) is 17.9 Å². The van der Waals surface area contributed by atoms with Gasteiger partial charge in [0.15, 0.2) is 6.10 Å². The number of likely N-dealkylation sites (N-methyl/N-ethyl adjacent to an activating group) is 1.